The monoisotopic (exact) mass is 328 g/mol. The van der Waals surface area contributed by atoms with Crippen LogP contribution < -0.4 is 0 Å². The van der Waals surface area contributed by atoms with Crippen molar-refractivity contribution < 1.29 is 9.53 Å². The van der Waals surface area contributed by atoms with Crippen molar-refractivity contribution in [1.82, 2.24) is 9.55 Å². The second-order valence-electron chi connectivity index (χ2n) is 5.18. The molecule has 0 saturated heterocycles. The van der Waals surface area contributed by atoms with Crippen LogP contribution in [-0.4, -0.2) is 28.5 Å². The van der Waals surface area contributed by atoms with Crippen molar-refractivity contribution in [2.75, 3.05) is 13.0 Å². The van der Waals surface area contributed by atoms with Gasteiger partial charge >= 0.3 is 5.97 Å². The number of esters is 1. The number of halogens is 2. The standard InChI is InChI=1S/C15H18Cl2N2O2/c1-9(2)14(15(20)21-3)19-12-8-10(17)4-5-11(12)18-13(19)6-7-16/h4-5,8-9,14H,6-7H2,1-3H3. The molecule has 0 radical (unpaired) electrons. The van der Waals surface area contributed by atoms with Gasteiger partial charge in [0.1, 0.15) is 11.9 Å². The average Bonchev–Trinajstić information content (AvgIpc) is 2.77. The van der Waals surface area contributed by atoms with Crippen LogP contribution in [-0.2, 0) is 16.0 Å². The van der Waals surface area contributed by atoms with E-state index in [1.54, 1.807) is 6.07 Å². The molecule has 1 aromatic carbocycles. The Bertz CT molecular complexity index is 652. The molecule has 1 heterocycles. The molecule has 0 bridgehead atoms. The molecule has 1 unspecified atom stereocenters. The molecule has 0 N–H and O–H groups in total. The van der Waals surface area contributed by atoms with Gasteiger partial charge in [-0.3, -0.25) is 0 Å². The summed E-state index contributed by atoms with van der Waals surface area (Å²) in [7, 11) is 1.39. The molecule has 4 nitrogen and oxygen atoms in total. The molecule has 2 rings (SSSR count). The predicted molar refractivity (Wildman–Crippen MR) is 85.1 cm³/mol. The normalized spacial score (nSPS) is 12.9. The molecule has 0 aliphatic rings. The average molecular weight is 329 g/mol. The van der Waals surface area contributed by atoms with Gasteiger partial charge in [-0.2, -0.15) is 0 Å². The van der Waals surface area contributed by atoms with E-state index >= 15 is 0 Å². The molecular weight excluding hydrogens is 311 g/mol. The quantitative estimate of drug-likeness (QED) is 0.618. The first-order valence-electron chi connectivity index (χ1n) is 6.79. The van der Waals surface area contributed by atoms with E-state index < -0.39 is 6.04 Å². The maximum atomic E-state index is 12.2. The van der Waals surface area contributed by atoms with E-state index in [0.717, 1.165) is 16.9 Å². The highest BCUT2D eigenvalue weighted by Gasteiger charge is 2.29. The minimum Gasteiger partial charge on any atom is -0.467 e. The summed E-state index contributed by atoms with van der Waals surface area (Å²) in [6.07, 6.45) is 0.577. The Hall–Kier alpha value is -1.26. The molecule has 2 aromatic rings. The molecule has 0 fully saturated rings. The molecule has 114 valence electrons. The van der Waals surface area contributed by atoms with Gasteiger partial charge in [0, 0.05) is 17.3 Å². The second kappa shape index (κ2) is 6.67. The summed E-state index contributed by atoms with van der Waals surface area (Å²) < 4.78 is 6.86. The van der Waals surface area contributed by atoms with Crippen molar-refractivity contribution in [1.29, 1.82) is 0 Å². The van der Waals surface area contributed by atoms with Gasteiger partial charge in [0.05, 0.1) is 18.1 Å². The van der Waals surface area contributed by atoms with Crippen molar-refractivity contribution in [3.05, 3.63) is 29.0 Å². The summed E-state index contributed by atoms with van der Waals surface area (Å²) in [5.74, 6) is 0.970. The highest BCUT2D eigenvalue weighted by molar-refractivity contribution is 6.31. The van der Waals surface area contributed by atoms with Crippen molar-refractivity contribution in [3.8, 4) is 0 Å². The number of aromatic nitrogens is 2. The van der Waals surface area contributed by atoms with Crippen molar-refractivity contribution >= 4 is 40.2 Å². The topological polar surface area (TPSA) is 44.1 Å². The summed E-state index contributed by atoms with van der Waals surface area (Å²) in [5, 5.41) is 0.605. The summed E-state index contributed by atoms with van der Waals surface area (Å²) in [6, 6.07) is 5.01. The Balaban J connectivity index is 2.70. The van der Waals surface area contributed by atoms with Crippen LogP contribution in [0.3, 0.4) is 0 Å². The second-order valence-corrected chi connectivity index (χ2v) is 6.00. The number of hydrogen-bond acceptors (Lipinski definition) is 3. The number of nitrogens with zero attached hydrogens (tertiary/aromatic N) is 2. The Labute approximate surface area is 134 Å². The number of rotatable bonds is 5. The molecule has 0 saturated carbocycles. The number of carbonyl (C=O) groups is 1. The first kappa shape index (κ1) is 16.1. The Morgan fingerprint density at radius 2 is 2.14 bits per heavy atom. The van der Waals surface area contributed by atoms with E-state index in [9.17, 15) is 4.79 Å². The van der Waals surface area contributed by atoms with Crippen molar-refractivity contribution in [2.45, 2.75) is 26.3 Å². The van der Waals surface area contributed by atoms with Crippen LogP contribution in [0.5, 0.6) is 0 Å². The lowest BCUT2D eigenvalue weighted by molar-refractivity contribution is -0.145. The number of benzene rings is 1. The fraction of sp³-hybridized carbons (Fsp3) is 0.467. The van der Waals surface area contributed by atoms with E-state index in [-0.39, 0.29) is 11.9 Å². The third kappa shape index (κ3) is 3.16. The number of carbonyl (C=O) groups excluding carboxylic acids is 1. The van der Waals surface area contributed by atoms with E-state index in [2.05, 4.69) is 4.98 Å². The fourth-order valence-electron chi connectivity index (χ4n) is 2.48. The maximum absolute atomic E-state index is 12.2. The van der Waals surface area contributed by atoms with Gasteiger partial charge in [0.2, 0.25) is 0 Å². The van der Waals surface area contributed by atoms with Crippen LogP contribution in [0, 0.1) is 5.92 Å². The largest absolute Gasteiger partial charge is 0.467 e. The Morgan fingerprint density at radius 3 is 2.71 bits per heavy atom. The van der Waals surface area contributed by atoms with E-state index in [0.29, 0.717) is 17.3 Å². The van der Waals surface area contributed by atoms with Crippen LogP contribution in [0.2, 0.25) is 5.02 Å². The smallest absolute Gasteiger partial charge is 0.329 e. The zero-order valence-electron chi connectivity index (χ0n) is 12.3. The Morgan fingerprint density at radius 1 is 1.43 bits per heavy atom. The molecule has 0 aliphatic heterocycles. The zero-order valence-corrected chi connectivity index (χ0v) is 13.8. The van der Waals surface area contributed by atoms with Crippen molar-refractivity contribution in [2.24, 2.45) is 5.92 Å². The maximum Gasteiger partial charge on any atom is 0.329 e. The summed E-state index contributed by atoms with van der Waals surface area (Å²) in [6.45, 7) is 3.95. The van der Waals surface area contributed by atoms with E-state index in [1.807, 2.05) is 30.5 Å². The molecule has 0 spiro atoms. The lowest BCUT2D eigenvalue weighted by Gasteiger charge is -2.22. The number of alkyl halides is 1. The first-order valence-corrected chi connectivity index (χ1v) is 7.71. The summed E-state index contributed by atoms with van der Waals surface area (Å²) in [5.41, 5.74) is 1.63. The molecule has 1 atom stereocenters. The lowest BCUT2D eigenvalue weighted by atomic mass is 10.0. The fourth-order valence-corrected chi connectivity index (χ4v) is 2.82. The molecular formula is C15H18Cl2N2O2. The van der Waals surface area contributed by atoms with Crippen molar-refractivity contribution in [3.63, 3.8) is 0 Å². The number of imidazole rings is 1. The number of ether oxygens (including phenoxy) is 1. The lowest BCUT2D eigenvalue weighted by Crippen LogP contribution is -2.27. The van der Waals surface area contributed by atoms with Gasteiger partial charge in [-0.25, -0.2) is 9.78 Å². The van der Waals surface area contributed by atoms with Gasteiger partial charge in [-0.05, 0) is 24.1 Å². The minimum atomic E-state index is -0.448. The van der Waals surface area contributed by atoms with Gasteiger partial charge in [-0.15, -0.1) is 11.6 Å². The number of fused-ring (bicyclic) bond motifs is 1. The third-order valence-electron chi connectivity index (χ3n) is 3.40. The van der Waals surface area contributed by atoms with Gasteiger partial charge < -0.3 is 9.30 Å². The SMILES string of the molecule is COC(=O)C(C(C)C)n1c(CCCl)nc2ccc(Cl)cc21. The minimum absolute atomic E-state index is 0.0582. The Kier molecular flexibility index (Phi) is 5.12. The van der Waals surface area contributed by atoms with Crippen LogP contribution >= 0.6 is 23.2 Å². The van der Waals surface area contributed by atoms with Gasteiger partial charge in [-0.1, -0.05) is 25.4 Å². The molecule has 1 aromatic heterocycles. The van der Waals surface area contributed by atoms with E-state index in [1.165, 1.54) is 7.11 Å². The highest BCUT2D eigenvalue weighted by atomic mass is 35.5. The number of hydrogen-bond donors (Lipinski definition) is 0. The molecule has 0 aliphatic carbocycles. The number of aryl methyl sites for hydroxylation is 1. The van der Waals surface area contributed by atoms with E-state index in [4.69, 9.17) is 27.9 Å². The van der Waals surface area contributed by atoms with Crippen LogP contribution in [0.15, 0.2) is 18.2 Å². The van der Waals surface area contributed by atoms with Gasteiger partial charge in [0.15, 0.2) is 0 Å². The van der Waals surface area contributed by atoms with Gasteiger partial charge in [0.25, 0.3) is 0 Å². The summed E-state index contributed by atoms with van der Waals surface area (Å²) in [4.78, 5) is 16.8. The molecule has 21 heavy (non-hydrogen) atoms. The predicted octanol–water partition coefficient (Wildman–Crippen LogP) is 3.84. The highest BCUT2D eigenvalue weighted by Crippen LogP contribution is 2.29. The first-order chi connectivity index (χ1) is 9.99. The van der Waals surface area contributed by atoms with Crippen LogP contribution in [0.25, 0.3) is 11.0 Å². The van der Waals surface area contributed by atoms with Crippen LogP contribution in [0.1, 0.15) is 25.7 Å². The summed E-state index contributed by atoms with van der Waals surface area (Å²) >= 11 is 12.0. The number of methoxy groups -OCH3 is 1. The third-order valence-corrected chi connectivity index (χ3v) is 3.82. The van der Waals surface area contributed by atoms with Crippen LogP contribution in [0.4, 0.5) is 0 Å². The molecule has 0 amide bonds. The zero-order chi connectivity index (χ0) is 15.6. The molecule has 6 heteroatoms.